The van der Waals surface area contributed by atoms with E-state index in [9.17, 15) is 4.39 Å². The van der Waals surface area contributed by atoms with E-state index in [0.717, 1.165) is 0 Å². The van der Waals surface area contributed by atoms with Crippen LogP contribution in [-0.2, 0) is 0 Å². The van der Waals surface area contributed by atoms with Crippen LogP contribution in [0.3, 0.4) is 0 Å². The lowest BCUT2D eigenvalue weighted by Gasteiger charge is -2.38. The van der Waals surface area contributed by atoms with Gasteiger partial charge < -0.3 is 5.11 Å². The molecule has 0 atom stereocenters. The van der Waals surface area contributed by atoms with Crippen molar-refractivity contribution in [2.24, 2.45) is 5.92 Å². The molecule has 0 amide bonds. The van der Waals surface area contributed by atoms with Crippen molar-refractivity contribution in [3.05, 3.63) is 0 Å². The lowest BCUT2D eigenvalue weighted by atomic mass is 9.74. The molecule has 54 valence electrons. The van der Waals surface area contributed by atoms with Crippen LogP contribution < -0.4 is 0 Å². The fourth-order valence-corrected chi connectivity index (χ4v) is 1.15. The lowest BCUT2D eigenvalue weighted by Crippen LogP contribution is -2.40. The molecular weight excluding hydrogens is 119 g/mol. The largest absolute Gasteiger partial charge is 0.393 e. The van der Waals surface area contributed by atoms with E-state index in [-0.39, 0.29) is 12.0 Å². The van der Waals surface area contributed by atoms with Gasteiger partial charge in [0.1, 0.15) is 5.67 Å². The van der Waals surface area contributed by atoms with Crippen LogP contribution >= 0.6 is 0 Å². The maximum atomic E-state index is 12.9. The second kappa shape index (κ2) is 1.94. The molecule has 0 unspecified atom stereocenters. The van der Waals surface area contributed by atoms with Crippen molar-refractivity contribution in [3.8, 4) is 0 Å². The molecule has 0 aromatic rings. The molecule has 1 rings (SSSR count). The van der Waals surface area contributed by atoms with Crippen LogP contribution in [0.5, 0.6) is 0 Å². The summed E-state index contributed by atoms with van der Waals surface area (Å²) in [6.45, 7) is 3.15. The van der Waals surface area contributed by atoms with Gasteiger partial charge in [-0.05, 0) is 32.6 Å². The highest BCUT2D eigenvalue weighted by molar-refractivity contribution is 4.89. The Hall–Kier alpha value is -0.110. The first kappa shape index (κ1) is 7.00. The Kier molecular flexibility index (Phi) is 1.51. The van der Waals surface area contributed by atoms with Crippen LogP contribution in [0, 0.1) is 5.92 Å². The molecule has 9 heavy (non-hydrogen) atoms. The Balaban J connectivity index is 2.32. The standard InChI is InChI=1S/C7H13FO/c1-7(2,8)5-3-6(9)4-5/h5-6,9H,3-4H2,1-2H3. The quantitative estimate of drug-likeness (QED) is 0.573. The van der Waals surface area contributed by atoms with Gasteiger partial charge in [0, 0.05) is 0 Å². The van der Waals surface area contributed by atoms with E-state index in [1.165, 1.54) is 0 Å². The van der Waals surface area contributed by atoms with E-state index in [1.807, 2.05) is 0 Å². The van der Waals surface area contributed by atoms with Gasteiger partial charge in [-0.2, -0.15) is 0 Å². The molecular formula is C7H13FO. The molecule has 0 radical (unpaired) electrons. The number of hydrogen-bond donors (Lipinski definition) is 1. The van der Waals surface area contributed by atoms with Gasteiger partial charge in [0.05, 0.1) is 6.10 Å². The minimum atomic E-state index is -1.08. The Bertz CT molecular complexity index is 100.0. The molecule has 0 saturated heterocycles. The van der Waals surface area contributed by atoms with E-state index >= 15 is 0 Å². The summed E-state index contributed by atoms with van der Waals surface area (Å²) < 4.78 is 12.9. The molecule has 1 saturated carbocycles. The topological polar surface area (TPSA) is 20.2 Å². The van der Waals surface area contributed by atoms with Crippen LogP contribution in [0.15, 0.2) is 0 Å². The minimum Gasteiger partial charge on any atom is -0.393 e. The number of hydrogen-bond acceptors (Lipinski definition) is 1. The first-order valence-corrected chi connectivity index (χ1v) is 3.37. The van der Waals surface area contributed by atoms with Crippen LogP contribution in [0.25, 0.3) is 0 Å². The predicted molar refractivity (Wildman–Crippen MR) is 33.9 cm³/mol. The lowest BCUT2D eigenvalue weighted by molar-refractivity contribution is -0.0323. The van der Waals surface area contributed by atoms with Crippen molar-refractivity contribution in [2.45, 2.75) is 38.5 Å². The van der Waals surface area contributed by atoms with Gasteiger partial charge in [-0.15, -0.1) is 0 Å². The van der Waals surface area contributed by atoms with Crippen LogP contribution in [0.4, 0.5) is 4.39 Å². The summed E-state index contributed by atoms with van der Waals surface area (Å²) in [4.78, 5) is 0. The fourth-order valence-electron chi connectivity index (χ4n) is 1.15. The van der Waals surface area contributed by atoms with E-state index < -0.39 is 5.67 Å². The zero-order valence-electron chi connectivity index (χ0n) is 5.89. The van der Waals surface area contributed by atoms with Gasteiger partial charge in [0.25, 0.3) is 0 Å². The predicted octanol–water partition coefficient (Wildman–Crippen LogP) is 1.51. The molecule has 0 bridgehead atoms. The normalized spacial score (nSPS) is 36.0. The summed E-state index contributed by atoms with van der Waals surface area (Å²) in [5.41, 5.74) is -1.08. The number of aliphatic hydroxyl groups is 1. The number of alkyl halides is 1. The Morgan fingerprint density at radius 2 is 1.89 bits per heavy atom. The van der Waals surface area contributed by atoms with Crippen LogP contribution in [0.2, 0.25) is 0 Å². The van der Waals surface area contributed by atoms with Gasteiger partial charge >= 0.3 is 0 Å². The Labute approximate surface area is 54.9 Å². The number of aliphatic hydroxyl groups excluding tert-OH is 1. The van der Waals surface area contributed by atoms with Crippen molar-refractivity contribution >= 4 is 0 Å². The van der Waals surface area contributed by atoms with Crippen LogP contribution in [-0.4, -0.2) is 16.9 Å². The molecule has 0 spiro atoms. The van der Waals surface area contributed by atoms with Crippen molar-refractivity contribution in [3.63, 3.8) is 0 Å². The first-order valence-electron chi connectivity index (χ1n) is 3.37. The first-order chi connectivity index (χ1) is 4.00. The Morgan fingerprint density at radius 3 is 2.00 bits per heavy atom. The zero-order chi connectivity index (χ0) is 7.07. The number of halogens is 1. The third-order valence-corrected chi connectivity index (χ3v) is 2.08. The highest BCUT2D eigenvalue weighted by Crippen LogP contribution is 2.38. The summed E-state index contributed by atoms with van der Waals surface area (Å²) in [7, 11) is 0. The maximum Gasteiger partial charge on any atom is 0.108 e. The molecule has 0 aromatic carbocycles. The molecule has 0 aromatic heterocycles. The smallest absolute Gasteiger partial charge is 0.108 e. The van der Waals surface area contributed by atoms with E-state index in [1.54, 1.807) is 13.8 Å². The average Bonchev–Trinajstić information content (AvgIpc) is 1.55. The summed E-state index contributed by atoms with van der Waals surface area (Å²) in [6, 6.07) is 0. The number of rotatable bonds is 1. The van der Waals surface area contributed by atoms with Crippen molar-refractivity contribution in [1.29, 1.82) is 0 Å². The molecule has 0 heterocycles. The van der Waals surface area contributed by atoms with Crippen molar-refractivity contribution < 1.29 is 9.50 Å². The molecule has 1 N–H and O–H groups in total. The summed E-state index contributed by atoms with van der Waals surface area (Å²) in [6.07, 6.45) is 1.05. The second-order valence-corrected chi connectivity index (χ2v) is 3.39. The van der Waals surface area contributed by atoms with Gasteiger partial charge in [0.15, 0.2) is 0 Å². The summed E-state index contributed by atoms with van der Waals surface area (Å²) in [5.74, 6) is 0.0903. The molecule has 1 nitrogen and oxygen atoms in total. The van der Waals surface area contributed by atoms with E-state index in [0.29, 0.717) is 12.8 Å². The summed E-state index contributed by atoms with van der Waals surface area (Å²) >= 11 is 0. The third kappa shape index (κ3) is 1.42. The van der Waals surface area contributed by atoms with Crippen molar-refractivity contribution in [2.75, 3.05) is 0 Å². The molecule has 1 aliphatic rings. The third-order valence-electron chi connectivity index (χ3n) is 2.08. The summed E-state index contributed by atoms with van der Waals surface area (Å²) in [5, 5.41) is 8.82. The minimum absolute atomic E-state index is 0.0903. The van der Waals surface area contributed by atoms with E-state index in [4.69, 9.17) is 5.11 Å². The van der Waals surface area contributed by atoms with Gasteiger partial charge in [-0.3, -0.25) is 0 Å². The van der Waals surface area contributed by atoms with E-state index in [2.05, 4.69) is 0 Å². The fraction of sp³-hybridized carbons (Fsp3) is 1.00. The molecule has 1 aliphatic carbocycles. The maximum absolute atomic E-state index is 12.9. The molecule has 2 heteroatoms. The highest BCUT2D eigenvalue weighted by Gasteiger charge is 2.39. The Morgan fingerprint density at radius 1 is 1.44 bits per heavy atom. The monoisotopic (exact) mass is 132 g/mol. The SMILES string of the molecule is CC(C)(F)C1CC(O)C1. The molecule has 1 fully saturated rings. The van der Waals surface area contributed by atoms with Crippen molar-refractivity contribution in [1.82, 2.24) is 0 Å². The zero-order valence-corrected chi connectivity index (χ0v) is 5.89. The van der Waals surface area contributed by atoms with Crippen LogP contribution in [0.1, 0.15) is 26.7 Å². The van der Waals surface area contributed by atoms with Gasteiger partial charge in [-0.1, -0.05) is 0 Å². The molecule has 0 aliphatic heterocycles. The average molecular weight is 132 g/mol. The second-order valence-electron chi connectivity index (χ2n) is 3.39. The van der Waals surface area contributed by atoms with Gasteiger partial charge in [-0.25, -0.2) is 4.39 Å². The highest BCUT2D eigenvalue weighted by atomic mass is 19.1. The van der Waals surface area contributed by atoms with Gasteiger partial charge in [0.2, 0.25) is 0 Å².